The molecule has 0 unspecified atom stereocenters. The van der Waals surface area contributed by atoms with Crippen LogP contribution in [0.4, 0.5) is 11.4 Å². The van der Waals surface area contributed by atoms with Crippen LogP contribution in [0.5, 0.6) is 0 Å². The number of sulfonamides is 1. The molecule has 2 aromatic rings. The quantitative estimate of drug-likeness (QED) is 0.706. The van der Waals surface area contributed by atoms with Crippen LogP contribution in [0.15, 0.2) is 59.5 Å². The Balaban J connectivity index is 1.80. The number of amides is 1. The van der Waals surface area contributed by atoms with E-state index in [4.69, 9.17) is 11.6 Å². The van der Waals surface area contributed by atoms with Gasteiger partial charge >= 0.3 is 0 Å². The van der Waals surface area contributed by atoms with Crippen molar-refractivity contribution in [1.82, 2.24) is 0 Å². The summed E-state index contributed by atoms with van der Waals surface area (Å²) < 4.78 is 28.1. The molecule has 1 amide bonds. The maximum absolute atomic E-state index is 12.8. The van der Waals surface area contributed by atoms with Gasteiger partial charge in [0.1, 0.15) is 0 Å². The Labute approximate surface area is 164 Å². The summed E-state index contributed by atoms with van der Waals surface area (Å²) in [7, 11) is -3.80. The van der Waals surface area contributed by atoms with Crippen LogP contribution in [0.2, 0.25) is 5.02 Å². The largest absolute Gasteiger partial charge is 0.326 e. The monoisotopic (exact) mass is 404 g/mol. The minimum absolute atomic E-state index is 0.0800. The molecule has 0 saturated carbocycles. The summed E-state index contributed by atoms with van der Waals surface area (Å²) in [5, 5.41) is 3.36. The lowest BCUT2D eigenvalue weighted by molar-refractivity contribution is -0.120. The van der Waals surface area contributed by atoms with Crippen molar-refractivity contribution in [3.8, 4) is 0 Å². The van der Waals surface area contributed by atoms with Crippen LogP contribution in [-0.4, -0.2) is 14.3 Å². The Morgan fingerprint density at radius 1 is 1.07 bits per heavy atom. The van der Waals surface area contributed by atoms with Gasteiger partial charge in [-0.25, -0.2) is 8.42 Å². The number of halogens is 1. The van der Waals surface area contributed by atoms with Gasteiger partial charge in [0.2, 0.25) is 5.91 Å². The van der Waals surface area contributed by atoms with Crippen LogP contribution in [0.3, 0.4) is 0 Å². The van der Waals surface area contributed by atoms with Crippen molar-refractivity contribution in [3.05, 3.63) is 65.2 Å². The van der Waals surface area contributed by atoms with E-state index in [2.05, 4.69) is 16.1 Å². The van der Waals surface area contributed by atoms with Crippen molar-refractivity contribution < 1.29 is 13.2 Å². The molecule has 0 spiro atoms. The molecule has 2 N–H and O–H groups in total. The van der Waals surface area contributed by atoms with Crippen LogP contribution in [0.1, 0.15) is 24.8 Å². The van der Waals surface area contributed by atoms with Crippen molar-refractivity contribution >= 4 is 38.9 Å². The van der Waals surface area contributed by atoms with Gasteiger partial charge in [0.05, 0.1) is 4.90 Å². The fourth-order valence-corrected chi connectivity index (χ4v) is 4.43. The molecule has 0 radical (unpaired) electrons. The first-order valence-electron chi connectivity index (χ1n) is 8.70. The van der Waals surface area contributed by atoms with Gasteiger partial charge in [-0.3, -0.25) is 9.52 Å². The Bertz CT molecular complexity index is 969. The second kappa shape index (κ2) is 8.15. The highest BCUT2D eigenvalue weighted by molar-refractivity contribution is 7.92. The number of aryl methyl sites for hydroxylation is 1. The molecule has 27 heavy (non-hydrogen) atoms. The van der Waals surface area contributed by atoms with E-state index in [0.717, 1.165) is 12.8 Å². The summed E-state index contributed by atoms with van der Waals surface area (Å²) in [5.74, 6) is -0.166. The highest BCUT2D eigenvalue weighted by atomic mass is 35.5. The molecular formula is C20H21ClN2O3S. The third-order valence-corrected chi connectivity index (χ3v) is 6.26. The fraction of sp³-hybridized carbons (Fsp3) is 0.250. The lowest BCUT2D eigenvalue weighted by Gasteiger charge is -2.18. The number of carbonyl (C=O) groups is 1. The summed E-state index contributed by atoms with van der Waals surface area (Å²) in [6.07, 6.45) is 6.48. The summed E-state index contributed by atoms with van der Waals surface area (Å²) in [6.45, 7) is 1.72. The normalized spacial score (nSPS) is 16.7. The number of carbonyl (C=O) groups excluding carboxylic acids is 1. The van der Waals surface area contributed by atoms with E-state index in [-0.39, 0.29) is 16.7 Å². The zero-order valence-electron chi connectivity index (χ0n) is 14.9. The highest BCUT2D eigenvalue weighted by Gasteiger charge is 2.21. The molecule has 1 aliphatic carbocycles. The first-order valence-corrected chi connectivity index (χ1v) is 10.6. The minimum Gasteiger partial charge on any atom is -0.326 e. The first-order chi connectivity index (χ1) is 12.8. The zero-order valence-corrected chi connectivity index (χ0v) is 16.5. The van der Waals surface area contributed by atoms with Crippen molar-refractivity contribution in [2.75, 3.05) is 10.0 Å². The molecule has 0 bridgehead atoms. The van der Waals surface area contributed by atoms with Crippen molar-refractivity contribution in [2.24, 2.45) is 5.92 Å². The van der Waals surface area contributed by atoms with Crippen molar-refractivity contribution in [3.63, 3.8) is 0 Å². The first kappa shape index (κ1) is 19.5. The van der Waals surface area contributed by atoms with Gasteiger partial charge in [-0.2, -0.15) is 0 Å². The van der Waals surface area contributed by atoms with Gasteiger partial charge in [-0.1, -0.05) is 29.8 Å². The number of anilines is 2. The maximum atomic E-state index is 12.8. The third kappa shape index (κ3) is 4.90. The van der Waals surface area contributed by atoms with Crippen LogP contribution in [0, 0.1) is 12.8 Å². The summed E-state index contributed by atoms with van der Waals surface area (Å²) in [5.41, 5.74) is 1.48. The molecule has 1 aliphatic rings. The number of nitrogens with one attached hydrogen (secondary N) is 2. The SMILES string of the molecule is Cc1ccc(NC(=O)[C@@H]2CC=CCC2)cc1S(=O)(=O)Nc1ccc(Cl)cc1. The van der Waals surface area contributed by atoms with Crippen LogP contribution in [-0.2, 0) is 14.8 Å². The topological polar surface area (TPSA) is 75.3 Å². The van der Waals surface area contributed by atoms with E-state index >= 15 is 0 Å². The van der Waals surface area contributed by atoms with E-state index < -0.39 is 10.0 Å². The smallest absolute Gasteiger partial charge is 0.262 e. The average molecular weight is 405 g/mol. The predicted octanol–water partition coefficient (Wildman–Crippen LogP) is 4.74. The Kier molecular flexibility index (Phi) is 5.87. The molecule has 142 valence electrons. The number of hydrogen-bond acceptors (Lipinski definition) is 3. The molecule has 3 rings (SSSR count). The molecule has 0 heterocycles. The predicted molar refractivity (Wildman–Crippen MR) is 109 cm³/mol. The van der Waals surface area contributed by atoms with E-state index in [0.29, 0.717) is 28.4 Å². The summed E-state index contributed by atoms with van der Waals surface area (Å²) in [6, 6.07) is 11.3. The molecule has 2 aromatic carbocycles. The molecule has 7 heteroatoms. The Morgan fingerprint density at radius 3 is 2.44 bits per heavy atom. The average Bonchev–Trinajstić information content (AvgIpc) is 2.65. The van der Waals surface area contributed by atoms with Crippen LogP contribution < -0.4 is 10.0 Å². The zero-order chi connectivity index (χ0) is 19.4. The van der Waals surface area contributed by atoms with Crippen molar-refractivity contribution in [2.45, 2.75) is 31.1 Å². The van der Waals surface area contributed by atoms with E-state index in [1.165, 1.54) is 6.07 Å². The van der Waals surface area contributed by atoms with Crippen LogP contribution >= 0.6 is 11.6 Å². The third-order valence-electron chi connectivity index (χ3n) is 4.48. The number of hydrogen-bond donors (Lipinski definition) is 2. The van der Waals surface area contributed by atoms with E-state index in [1.807, 2.05) is 6.08 Å². The van der Waals surface area contributed by atoms with Crippen molar-refractivity contribution in [1.29, 1.82) is 0 Å². The Morgan fingerprint density at radius 2 is 1.78 bits per heavy atom. The number of allylic oxidation sites excluding steroid dienone is 2. The van der Waals surface area contributed by atoms with Gasteiger partial charge in [-0.15, -0.1) is 0 Å². The van der Waals surface area contributed by atoms with Gasteiger partial charge in [0, 0.05) is 22.3 Å². The maximum Gasteiger partial charge on any atom is 0.262 e. The second-order valence-electron chi connectivity index (χ2n) is 6.56. The van der Waals surface area contributed by atoms with E-state index in [1.54, 1.807) is 43.3 Å². The molecule has 1 atom stereocenters. The fourth-order valence-electron chi connectivity index (χ4n) is 2.97. The molecular weight excluding hydrogens is 384 g/mol. The second-order valence-corrected chi connectivity index (χ2v) is 8.65. The number of rotatable bonds is 5. The molecule has 0 aliphatic heterocycles. The molecule has 0 saturated heterocycles. The van der Waals surface area contributed by atoms with E-state index in [9.17, 15) is 13.2 Å². The Hall–Kier alpha value is -2.31. The lowest BCUT2D eigenvalue weighted by atomic mass is 9.93. The lowest BCUT2D eigenvalue weighted by Crippen LogP contribution is -2.23. The molecule has 0 aromatic heterocycles. The van der Waals surface area contributed by atoms with Gasteiger partial charge < -0.3 is 5.32 Å². The van der Waals surface area contributed by atoms with Gasteiger partial charge in [-0.05, 0) is 68.1 Å². The number of benzene rings is 2. The van der Waals surface area contributed by atoms with Crippen LogP contribution in [0.25, 0.3) is 0 Å². The summed E-state index contributed by atoms with van der Waals surface area (Å²) >= 11 is 5.84. The molecule has 5 nitrogen and oxygen atoms in total. The summed E-state index contributed by atoms with van der Waals surface area (Å²) in [4.78, 5) is 12.5. The van der Waals surface area contributed by atoms with Gasteiger partial charge in [0.15, 0.2) is 0 Å². The highest BCUT2D eigenvalue weighted by Crippen LogP contribution is 2.25. The standard InChI is InChI=1S/C20H21ClN2O3S/c1-14-7-10-18(22-20(24)15-5-3-2-4-6-15)13-19(14)27(25,26)23-17-11-8-16(21)9-12-17/h2-3,7-13,15,23H,4-6H2,1H3,(H,22,24)/t15-/m1/s1. The minimum atomic E-state index is -3.80. The molecule has 0 fully saturated rings. The van der Waals surface area contributed by atoms with Gasteiger partial charge in [0.25, 0.3) is 10.0 Å².